The van der Waals surface area contributed by atoms with Crippen molar-refractivity contribution in [1.29, 1.82) is 0 Å². The van der Waals surface area contributed by atoms with Crippen LogP contribution < -0.4 is 10.1 Å². The molecular weight excluding hydrogens is 398 g/mol. The molecule has 6 nitrogen and oxygen atoms in total. The van der Waals surface area contributed by atoms with Gasteiger partial charge in [-0.25, -0.2) is 0 Å². The van der Waals surface area contributed by atoms with E-state index in [1.54, 1.807) is 6.07 Å². The van der Waals surface area contributed by atoms with E-state index < -0.39 is 24.6 Å². The second kappa shape index (κ2) is 10.4. The summed E-state index contributed by atoms with van der Waals surface area (Å²) >= 11 is 6.46. The van der Waals surface area contributed by atoms with Crippen molar-refractivity contribution in [2.45, 2.75) is 32.5 Å². The lowest BCUT2D eigenvalue weighted by atomic mass is 10.2. The second-order valence-electron chi connectivity index (χ2n) is 5.74. The third-order valence-corrected chi connectivity index (χ3v) is 5.21. The molecular formula is C17H20F2N2O4S2. The van der Waals surface area contributed by atoms with Crippen LogP contribution in [-0.4, -0.2) is 52.7 Å². The highest BCUT2D eigenvalue weighted by Gasteiger charge is 2.21. The number of nitrogens with one attached hydrogen (secondary N) is 1. The lowest BCUT2D eigenvalue weighted by Gasteiger charge is -2.18. The molecule has 1 amide bonds. The van der Waals surface area contributed by atoms with Crippen molar-refractivity contribution in [1.82, 2.24) is 4.90 Å². The third kappa shape index (κ3) is 6.94. The number of benzene rings is 1. The van der Waals surface area contributed by atoms with Crippen LogP contribution in [0.1, 0.15) is 19.8 Å². The summed E-state index contributed by atoms with van der Waals surface area (Å²) in [7, 11) is 0. The van der Waals surface area contributed by atoms with Gasteiger partial charge in [-0.2, -0.15) is 8.78 Å². The van der Waals surface area contributed by atoms with Gasteiger partial charge >= 0.3 is 12.6 Å². The summed E-state index contributed by atoms with van der Waals surface area (Å²) in [5.74, 6) is -1.41. The van der Waals surface area contributed by atoms with Crippen molar-refractivity contribution in [3.63, 3.8) is 0 Å². The molecule has 1 aliphatic heterocycles. The van der Waals surface area contributed by atoms with Crippen molar-refractivity contribution >= 4 is 45.9 Å². The van der Waals surface area contributed by atoms with Crippen molar-refractivity contribution < 1.29 is 27.8 Å². The Hall–Kier alpha value is -1.94. The topological polar surface area (TPSA) is 67.9 Å². The fourth-order valence-electron chi connectivity index (χ4n) is 2.40. The highest BCUT2D eigenvalue weighted by Crippen LogP contribution is 2.25. The van der Waals surface area contributed by atoms with Crippen molar-refractivity contribution in [2.75, 3.05) is 24.2 Å². The van der Waals surface area contributed by atoms with Crippen LogP contribution in [0.4, 0.5) is 14.5 Å². The molecule has 1 heterocycles. The van der Waals surface area contributed by atoms with Crippen LogP contribution in [0.25, 0.3) is 0 Å². The van der Waals surface area contributed by atoms with E-state index in [0.717, 1.165) is 25.9 Å². The molecule has 1 aromatic carbocycles. The summed E-state index contributed by atoms with van der Waals surface area (Å²) < 4.78 is 34.9. The van der Waals surface area contributed by atoms with E-state index in [-0.39, 0.29) is 17.2 Å². The smallest absolute Gasteiger partial charge is 0.387 e. The minimum absolute atomic E-state index is 0.00195. The fraction of sp³-hybridized carbons (Fsp3) is 0.471. The number of carbonyl (C=O) groups is 2. The zero-order valence-electron chi connectivity index (χ0n) is 14.7. The molecule has 1 N–H and O–H groups in total. The number of amides is 1. The Balaban J connectivity index is 1.81. The van der Waals surface area contributed by atoms with E-state index in [4.69, 9.17) is 17.0 Å². The van der Waals surface area contributed by atoms with Crippen molar-refractivity contribution in [2.24, 2.45) is 0 Å². The van der Waals surface area contributed by atoms with Gasteiger partial charge in [-0.3, -0.25) is 9.59 Å². The lowest BCUT2D eigenvalue weighted by Crippen LogP contribution is -2.31. The molecule has 1 fully saturated rings. The Morgan fingerprint density at radius 3 is 2.63 bits per heavy atom. The van der Waals surface area contributed by atoms with Gasteiger partial charge in [-0.15, -0.1) is 0 Å². The molecule has 0 saturated carbocycles. The first-order valence-corrected chi connectivity index (χ1v) is 9.72. The third-order valence-electron chi connectivity index (χ3n) is 3.72. The highest BCUT2D eigenvalue weighted by molar-refractivity contribution is 8.23. The molecule has 0 aliphatic carbocycles. The minimum Gasteiger partial charge on any atom is -0.452 e. The molecule has 27 heavy (non-hydrogen) atoms. The maximum Gasteiger partial charge on any atom is 0.387 e. The Labute approximate surface area is 165 Å². The number of anilines is 1. The predicted molar refractivity (Wildman–Crippen MR) is 103 cm³/mol. The maximum absolute atomic E-state index is 12.4. The van der Waals surface area contributed by atoms with Gasteiger partial charge in [0, 0.05) is 13.1 Å². The van der Waals surface area contributed by atoms with Gasteiger partial charge < -0.3 is 19.7 Å². The van der Waals surface area contributed by atoms with E-state index in [1.165, 1.54) is 36.9 Å². The number of thioether (sulfide) groups is 1. The number of hydrogen-bond acceptors (Lipinski definition) is 6. The molecule has 10 heteroatoms. The van der Waals surface area contributed by atoms with E-state index in [2.05, 4.69) is 10.1 Å². The van der Waals surface area contributed by atoms with Crippen LogP contribution in [0.3, 0.4) is 0 Å². The largest absolute Gasteiger partial charge is 0.452 e. The van der Waals surface area contributed by atoms with Crippen LogP contribution in [0.5, 0.6) is 5.75 Å². The van der Waals surface area contributed by atoms with Gasteiger partial charge in [-0.1, -0.05) is 36.1 Å². The molecule has 1 aliphatic rings. The van der Waals surface area contributed by atoms with Gasteiger partial charge in [0.05, 0.1) is 11.4 Å². The van der Waals surface area contributed by atoms with Gasteiger partial charge in [0.25, 0.3) is 5.91 Å². The SMILES string of the molecule is C[C@H](OC(=O)CSC(=S)N1CCCC1)C(=O)Nc1ccccc1OC(F)F. The standard InChI is InChI=1S/C17H20F2N2O4S2/c1-11(24-14(22)10-27-17(26)21-8-4-5-9-21)15(23)20-12-6-2-3-7-13(12)25-16(18)19/h2-3,6-7,11,16H,4-5,8-10H2,1H3,(H,20,23)/t11-/m0/s1. The first kappa shape index (κ1) is 21.4. The maximum atomic E-state index is 12.4. The average molecular weight is 418 g/mol. The molecule has 1 atom stereocenters. The Morgan fingerprint density at radius 2 is 1.96 bits per heavy atom. The average Bonchev–Trinajstić information content (AvgIpc) is 3.15. The quantitative estimate of drug-likeness (QED) is 0.538. The molecule has 1 aromatic rings. The van der Waals surface area contributed by atoms with E-state index >= 15 is 0 Å². The van der Waals surface area contributed by atoms with Crippen molar-refractivity contribution in [3.05, 3.63) is 24.3 Å². The number of hydrogen-bond donors (Lipinski definition) is 1. The zero-order chi connectivity index (χ0) is 19.8. The number of para-hydroxylation sites is 2. The van der Waals surface area contributed by atoms with Gasteiger partial charge in [-0.05, 0) is 31.9 Å². The lowest BCUT2D eigenvalue weighted by molar-refractivity contribution is -0.150. The number of esters is 1. The number of alkyl halides is 2. The van der Waals surface area contributed by atoms with E-state index in [1.807, 2.05) is 4.90 Å². The van der Waals surface area contributed by atoms with Crippen LogP contribution in [0.15, 0.2) is 24.3 Å². The number of likely N-dealkylation sites (tertiary alicyclic amines) is 1. The van der Waals surface area contributed by atoms with Crippen LogP contribution >= 0.6 is 24.0 Å². The Kier molecular flexibility index (Phi) is 8.23. The highest BCUT2D eigenvalue weighted by atomic mass is 32.2. The summed E-state index contributed by atoms with van der Waals surface area (Å²) in [6, 6.07) is 5.76. The first-order chi connectivity index (χ1) is 12.9. The molecule has 0 aromatic heterocycles. The molecule has 0 unspecified atom stereocenters. The summed E-state index contributed by atoms with van der Waals surface area (Å²) in [5, 5.41) is 2.42. The summed E-state index contributed by atoms with van der Waals surface area (Å²) in [4.78, 5) is 26.1. The zero-order valence-corrected chi connectivity index (χ0v) is 16.3. The predicted octanol–water partition coefficient (Wildman–Crippen LogP) is 3.27. The Morgan fingerprint density at radius 1 is 1.30 bits per heavy atom. The molecule has 2 rings (SSSR count). The number of halogens is 2. The summed E-state index contributed by atoms with van der Waals surface area (Å²) in [5.41, 5.74) is 0.0651. The number of nitrogens with zero attached hydrogens (tertiary/aromatic N) is 1. The molecule has 1 saturated heterocycles. The van der Waals surface area contributed by atoms with Crippen molar-refractivity contribution in [3.8, 4) is 5.75 Å². The van der Waals surface area contributed by atoms with Gasteiger partial charge in [0.1, 0.15) is 10.1 Å². The van der Waals surface area contributed by atoms with Gasteiger partial charge in [0.15, 0.2) is 6.10 Å². The van der Waals surface area contributed by atoms with Crippen LogP contribution in [0.2, 0.25) is 0 Å². The van der Waals surface area contributed by atoms with E-state index in [0.29, 0.717) is 4.32 Å². The monoisotopic (exact) mass is 418 g/mol. The van der Waals surface area contributed by atoms with Crippen LogP contribution in [-0.2, 0) is 14.3 Å². The van der Waals surface area contributed by atoms with E-state index in [9.17, 15) is 18.4 Å². The normalized spacial score (nSPS) is 14.7. The molecule has 148 valence electrons. The number of ether oxygens (including phenoxy) is 2. The van der Waals surface area contributed by atoms with Gasteiger partial charge in [0.2, 0.25) is 0 Å². The fourth-order valence-corrected chi connectivity index (χ4v) is 3.43. The van der Waals surface area contributed by atoms with Crippen LogP contribution in [0, 0.1) is 0 Å². The molecule has 0 radical (unpaired) electrons. The molecule has 0 bridgehead atoms. The molecule has 0 spiro atoms. The summed E-state index contributed by atoms with van der Waals surface area (Å²) in [6.45, 7) is 0.155. The Bertz CT molecular complexity index is 685. The summed E-state index contributed by atoms with van der Waals surface area (Å²) in [6.07, 6.45) is 1.07. The number of carbonyl (C=O) groups excluding carboxylic acids is 2. The first-order valence-electron chi connectivity index (χ1n) is 8.32. The second-order valence-corrected chi connectivity index (χ2v) is 7.35. The minimum atomic E-state index is -3.02. The number of rotatable bonds is 7. The number of thiocarbonyl (C=S) groups is 1.